The number of benzene rings is 1. The molecule has 1 N–H and O–H groups in total. The summed E-state index contributed by atoms with van der Waals surface area (Å²) in [4.78, 5) is 24.8. The molecule has 0 aromatic heterocycles. The topological polar surface area (TPSA) is 66.8 Å². The number of carbonyl (C=O) groups is 2. The summed E-state index contributed by atoms with van der Waals surface area (Å²) in [5, 5.41) is 9.56. The van der Waals surface area contributed by atoms with Gasteiger partial charge in [0.1, 0.15) is 11.8 Å². The highest BCUT2D eigenvalue weighted by atomic mass is 35.5. The quantitative estimate of drug-likeness (QED) is 0.922. The van der Waals surface area contributed by atoms with Crippen molar-refractivity contribution < 1.29 is 19.4 Å². The molecule has 1 aromatic carbocycles. The molecular weight excluding hydrogens is 282 g/mol. The maximum atomic E-state index is 12.3. The lowest BCUT2D eigenvalue weighted by atomic mass is 10.1. The maximum Gasteiger partial charge on any atom is 0.326 e. The molecule has 0 unspecified atom stereocenters. The number of likely N-dealkylation sites (tertiary alicyclic amines) is 1. The first-order chi connectivity index (χ1) is 9.54. The molecule has 2 rings (SSSR count). The van der Waals surface area contributed by atoms with Crippen molar-refractivity contribution in [1.82, 2.24) is 4.90 Å². The third-order valence-corrected chi connectivity index (χ3v) is 3.84. The number of methoxy groups -OCH3 is 1. The molecule has 0 saturated carbocycles. The van der Waals surface area contributed by atoms with Gasteiger partial charge in [-0.15, -0.1) is 0 Å². The number of rotatable bonds is 4. The lowest BCUT2D eigenvalue weighted by Crippen LogP contribution is -2.41. The van der Waals surface area contributed by atoms with Crippen molar-refractivity contribution in [1.29, 1.82) is 0 Å². The zero-order valence-electron chi connectivity index (χ0n) is 11.1. The minimum atomic E-state index is -0.957. The van der Waals surface area contributed by atoms with Crippen LogP contribution in [0.5, 0.6) is 5.75 Å². The second-order valence-corrected chi connectivity index (χ2v) is 5.09. The molecule has 108 valence electrons. The number of nitrogens with zero attached hydrogens (tertiary/aromatic N) is 1. The van der Waals surface area contributed by atoms with E-state index >= 15 is 0 Å². The van der Waals surface area contributed by atoms with Crippen molar-refractivity contribution in [2.24, 2.45) is 0 Å². The Morgan fingerprint density at radius 3 is 2.90 bits per heavy atom. The van der Waals surface area contributed by atoms with Gasteiger partial charge in [-0.05, 0) is 25.0 Å². The van der Waals surface area contributed by atoms with Crippen molar-refractivity contribution in [3.8, 4) is 5.75 Å². The van der Waals surface area contributed by atoms with Gasteiger partial charge in [0.2, 0.25) is 5.91 Å². The number of carboxylic acid groups (broad SMARTS) is 1. The monoisotopic (exact) mass is 297 g/mol. The second-order valence-electron chi connectivity index (χ2n) is 4.68. The van der Waals surface area contributed by atoms with E-state index < -0.39 is 12.0 Å². The highest BCUT2D eigenvalue weighted by Gasteiger charge is 2.34. The van der Waals surface area contributed by atoms with Crippen molar-refractivity contribution in [3.05, 3.63) is 28.8 Å². The molecule has 20 heavy (non-hydrogen) atoms. The molecule has 0 spiro atoms. The average molecular weight is 298 g/mol. The minimum absolute atomic E-state index is 0.0482. The molecule has 0 bridgehead atoms. The summed E-state index contributed by atoms with van der Waals surface area (Å²) in [7, 11) is 1.51. The summed E-state index contributed by atoms with van der Waals surface area (Å²) in [6.45, 7) is 0.475. The molecule has 0 radical (unpaired) electrons. The van der Waals surface area contributed by atoms with Gasteiger partial charge in [-0.25, -0.2) is 4.79 Å². The fourth-order valence-corrected chi connectivity index (χ4v) is 2.71. The molecular formula is C14H16ClNO4. The number of halogens is 1. The van der Waals surface area contributed by atoms with E-state index in [0.29, 0.717) is 35.7 Å². The first-order valence-corrected chi connectivity index (χ1v) is 6.76. The molecule has 1 aliphatic rings. The zero-order chi connectivity index (χ0) is 14.7. The summed E-state index contributed by atoms with van der Waals surface area (Å²) in [6.07, 6.45) is 1.26. The molecule has 6 heteroatoms. The summed E-state index contributed by atoms with van der Waals surface area (Å²) in [5.74, 6) is -0.653. The van der Waals surface area contributed by atoms with E-state index in [1.807, 2.05) is 0 Å². The molecule has 1 aromatic rings. The molecule has 1 heterocycles. The van der Waals surface area contributed by atoms with E-state index in [2.05, 4.69) is 0 Å². The van der Waals surface area contributed by atoms with E-state index in [-0.39, 0.29) is 12.3 Å². The van der Waals surface area contributed by atoms with Crippen LogP contribution in [-0.4, -0.2) is 41.6 Å². The SMILES string of the molecule is COc1cccc(Cl)c1CC(=O)N1CCC[C@@H]1C(=O)O. The Balaban J connectivity index is 2.18. The third kappa shape index (κ3) is 2.88. The van der Waals surface area contributed by atoms with E-state index in [1.165, 1.54) is 12.0 Å². The first-order valence-electron chi connectivity index (χ1n) is 6.38. The minimum Gasteiger partial charge on any atom is -0.496 e. The standard InChI is InChI=1S/C14H16ClNO4/c1-20-12-6-2-4-10(15)9(12)8-13(17)16-7-3-5-11(16)14(18)19/h2,4,6,11H,3,5,7-8H2,1H3,(H,18,19)/t11-/m1/s1. The first kappa shape index (κ1) is 14.7. The van der Waals surface area contributed by atoms with Crippen molar-refractivity contribution in [3.63, 3.8) is 0 Å². The van der Waals surface area contributed by atoms with Crippen LogP contribution in [0.15, 0.2) is 18.2 Å². The van der Waals surface area contributed by atoms with E-state index in [0.717, 1.165) is 0 Å². The lowest BCUT2D eigenvalue weighted by Gasteiger charge is -2.22. The van der Waals surface area contributed by atoms with Gasteiger partial charge in [-0.2, -0.15) is 0 Å². The van der Waals surface area contributed by atoms with Gasteiger partial charge in [0.05, 0.1) is 13.5 Å². The molecule has 5 nitrogen and oxygen atoms in total. The Kier molecular flexibility index (Phi) is 4.49. The number of hydrogen-bond donors (Lipinski definition) is 1. The zero-order valence-corrected chi connectivity index (χ0v) is 11.9. The predicted octanol–water partition coefficient (Wildman–Crippen LogP) is 1.97. The van der Waals surface area contributed by atoms with Crippen LogP contribution in [0.4, 0.5) is 0 Å². The summed E-state index contributed by atoms with van der Waals surface area (Å²) in [5.41, 5.74) is 0.595. The Morgan fingerprint density at radius 1 is 1.50 bits per heavy atom. The Morgan fingerprint density at radius 2 is 2.25 bits per heavy atom. The molecule has 1 aliphatic heterocycles. The van der Waals surface area contributed by atoms with Crippen molar-refractivity contribution >= 4 is 23.5 Å². The highest BCUT2D eigenvalue weighted by molar-refractivity contribution is 6.31. The molecule has 1 fully saturated rings. The average Bonchev–Trinajstić information content (AvgIpc) is 2.90. The van der Waals surface area contributed by atoms with Crippen LogP contribution in [0.25, 0.3) is 0 Å². The normalized spacial score (nSPS) is 18.1. The Bertz CT molecular complexity index is 532. The number of carbonyl (C=O) groups excluding carboxylic acids is 1. The maximum absolute atomic E-state index is 12.3. The lowest BCUT2D eigenvalue weighted by molar-refractivity contribution is -0.148. The van der Waals surface area contributed by atoms with Gasteiger partial charge >= 0.3 is 5.97 Å². The number of aliphatic carboxylic acids is 1. The van der Waals surface area contributed by atoms with E-state index in [1.54, 1.807) is 18.2 Å². The second kappa shape index (κ2) is 6.13. The number of hydrogen-bond acceptors (Lipinski definition) is 3. The van der Waals surface area contributed by atoms with Gasteiger partial charge in [-0.1, -0.05) is 17.7 Å². The van der Waals surface area contributed by atoms with Crippen molar-refractivity contribution in [2.75, 3.05) is 13.7 Å². The Labute approximate surface area is 122 Å². The molecule has 1 amide bonds. The highest BCUT2D eigenvalue weighted by Crippen LogP contribution is 2.28. The summed E-state index contributed by atoms with van der Waals surface area (Å²) in [6, 6.07) is 4.43. The molecule has 0 aliphatic carbocycles. The van der Waals surface area contributed by atoms with Crippen LogP contribution in [0, 0.1) is 0 Å². The van der Waals surface area contributed by atoms with E-state index in [4.69, 9.17) is 21.4 Å². The van der Waals surface area contributed by atoms with Crippen LogP contribution < -0.4 is 4.74 Å². The van der Waals surface area contributed by atoms with Crippen molar-refractivity contribution in [2.45, 2.75) is 25.3 Å². The van der Waals surface area contributed by atoms with Crippen LogP contribution in [0.1, 0.15) is 18.4 Å². The molecule has 1 atom stereocenters. The Hall–Kier alpha value is -1.75. The van der Waals surface area contributed by atoms with E-state index in [9.17, 15) is 9.59 Å². The van der Waals surface area contributed by atoms with Gasteiger partial charge in [-0.3, -0.25) is 4.79 Å². The van der Waals surface area contributed by atoms with Gasteiger partial charge in [0, 0.05) is 17.1 Å². The fraction of sp³-hybridized carbons (Fsp3) is 0.429. The largest absolute Gasteiger partial charge is 0.496 e. The van der Waals surface area contributed by atoms with Crippen LogP contribution >= 0.6 is 11.6 Å². The number of carboxylic acids is 1. The van der Waals surface area contributed by atoms with Crippen LogP contribution in [-0.2, 0) is 16.0 Å². The smallest absolute Gasteiger partial charge is 0.326 e. The van der Waals surface area contributed by atoms with Gasteiger partial charge < -0.3 is 14.7 Å². The van der Waals surface area contributed by atoms with Gasteiger partial charge in [0.15, 0.2) is 0 Å². The summed E-state index contributed by atoms with van der Waals surface area (Å²) < 4.78 is 5.19. The number of ether oxygens (including phenoxy) is 1. The van der Waals surface area contributed by atoms with Crippen LogP contribution in [0.3, 0.4) is 0 Å². The third-order valence-electron chi connectivity index (χ3n) is 3.48. The number of amides is 1. The fourth-order valence-electron chi connectivity index (χ4n) is 2.48. The van der Waals surface area contributed by atoms with Crippen LogP contribution in [0.2, 0.25) is 5.02 Å². The van der Waals surface area contributed by atoms with Gasteiger partial charge in [0.25, 0.3) is 0 Å². The predicted molar refractivity (Wildman–Crippen MR) is 74.1 cm³/mol. The molecule has 1 saturated heterocycles. The summed E-state index contributed by atoms with van der Waals surface area (Å²) >= 11 is 6.09.